The summed E-state index contributed by atoms with van der Waals surface area (Å²) in [5.41, 5.74) is 1.61. The van der Waals surface area contributed by atoms with E-state index in [0.29, 0.717) is 16.5 Å². The van der Waals surface area contributed by atoms with Crippen LogP contribution in [0.2, 0.25) is 0 Å². The summed E-state index contributed by atoms with van der Waals surface area (Å²) >= 11 is 1.28. The smallest absolute Gasteiger partial charge is 0.408 e. The maximum atomic E-state index is 12.3. The first-order valence-electron chi connectivity index (χ1n) is 8.67. The molecule has 1 heterocycles. The predicted octanol–water partition coefficient (Wildman–Crippen LogP) is 3.62. The van der Waals surface area contributed by atoms with Crippen LogP contribution in [0.4, 0.5) is 15.6 Å². The van der Waals surface area contributed by atoms with Gasteiger partial charge in [-0.1, -0.05) is 12.1 Å². The van der Waals surface area contributed by atoms with Gasteiger partial charge in [-0.2, -0.15) is 0 Å². The fourth-order valence-electron chi connectivity index (χ4n) is 2.15. The van der Waals surface area contributed by atoms with E-state index in [-0.39, 0.29) is 5.91 Å². The van der Waals surface area contributed by atoms with E-state index >= 15 is 0 Å². The normalized spacial score (nSPS) is 12.0. The Morgan fingerprint density at radius 3 is 2.32 bits per heavy atom. The summed E-state index contributed by atoms with van der Waals surface area (Å²) in [4.78, 5) is 39.5. The summed E-state index contributed by atoms with van der Waals surface area (Å²) in [7, 11) is 0. The number of carbonyl (C=O) groups is 3. The van der Waals surface area contributed by atoms with E-state index in [2.05, 4.69) is 20.9 Å². The van der Waals surface area contributed by atoms with Gasteiger partial charge in [0, 0.05) is 23.6 Å². The Labute approximate surface area is 167 Å². The molecule has 0 radical (unpaired) electrons. The zero-order valence-corrected chi connectivity index (χ0v) is 17.3. The molecule has 0 unspecified atom stereocenters. The van der Waals surface area contributed by atoms with Crippen LogP contribution < -0.4 is 16.0 Å². The SMILES string of the molecule is CC(=O)Nc1ccc(-c2csc(NC(=O)[C@@H](C)NC(=O)OC(C)(C)C)n2)cc1. The Kier molecular flexibility index (Phi) is 6.74. The molecule has 0 aliphatic rings. The largest absolute Gasteiger partial charge is 0.444 e. The Hall–Kier alpha value is -2.94. The number of carbonyl (C=O) groups excluding carboxylic acids is 3. The lowest BCUT2D eigenvalue weighted by atomic mass is 10.1. The van der Waals surface area contributed by atoms with E-state index in [1.165, 1.54) is 18.3 Å². The van der Waals surface area contributed by atoms with Crippen molar-refractivity contribution in [1.29, 1.82) is 0 Å². The van der Waals surface area contributed by atoms with Crippen molar-refractivity contribution in [1.82, 2.24) is 10.3 Å². The number of alkyl carbamates (subject to hydrolysis) is 1. The van der Waals surface area contributed by atoms with Gasteiger partial charge >= 0.3 is 6.09 Å². The standard InChI is InChI=1S/C19H24N4O4S/c1-11(20-18(26)27-19(3,4)5)16(25)23-17-22-15(10-28-17)13-6-8-14(9-7-13)21-12(2)24/h6-11H,1-5H3,(H,20,26)(H,21,24)(H,22,23,25)/t11-/m1/s1. The fraction of sp³-hybridized carbons (Fsp3) is 0.368. The van der Waals surface area contributed by atoms with E-state index < -0.39 is 23.6 Å². The van der Waals surface area contributed by atoms with Gasteiger partial charge in [-0.25, -0.2) is 9.78 Å². The molecule has 1 aromatic heterocycles. The monoisotopic (exact) mass is 404 g/mol. The molecule has 1 aromatic carbocycles. The van der Waals surface area contributed by atoms with Crippen molar-refractivity contribution in [3.05, 3.63) is 29.6 Å². The molecule has 0 bridgehead atoms. The topological polar surface area (TPSA) is 109 Å². The molecule has 0 aliphatic carbocycles. The lowest BCUT2D eigenvalue weighted by molar-refractivity contribution is -0.118. The second kappa shape index (κ2) is 8.83. The van der Waals surface area contributed by atoms with Gasteiger partial charge in [-0.05, 0) is 39.8 Å². The number of rotatable bonds is 5. The first-order valence-corrected chi connectivity index (χ1v) is 9.55. The van der Waals surface area contributed by atoms with Crippen LogP contribution in [0.3, 0.4) is 0 Å². The van der Waals surface area contributed by atoms with E-state index in [1.807, 2.05) is 17.5 Å². The predicted molar refractivity (Wildman–Crippen MR) is 109 cm³/mol. The van der Waals surface area contributed by atoms with Crippen LogP contribution in [-0.4, -0.2) is 34.5 Å². The van der Waals surface area contributed by atoms with E-state index in [4.69, 9.17) is 4.74 Å². The number of anilines is 2. The number of ether oxygens (including phenoxy) is 1. The molecule has 1 atom stereocenters. The zero-order chi connectivity index (χ0) is 20.9. The van der Waals surface area contributed by atoms with Crippen molar-refractivity contribution in [2.24, 2.45) is 0 Å². The van der Waals surface area contributed by atoms with Crippen molar-refractivity contribution in [3.8, 4) is 11.3 Å². The summed E-state index contributed by atoms with van der Waals surface area (Å²) < 4.78 is 5.14. The van der Waals surface area contributed by atoms with E-state index in [9.17, 15) is 14.4 Å². The Morgan fingerprint density at radius 1 is 1.11 bits per heavy atom. The third-order valence-electron chi connectivity index (χ3n) is 3.36. The minimum absolute atomic E-state index is 0.138. The average molecular weight is 404 g/mol. The molecule has 0 spiro atoms. The van der Waals surface area contributed by atoms with Crippen LogP contribution in [-0.2, 0) is 14.3 Å². The Bertz CT molecular complexity index is 856. The Balaban J connectivity index is 1.95. The third kappa shape index (κ3) is 6.66. The third-order valence-corrected chi connectivity index (χ3v) is 4.12. The quantitative estimate of drug-likeness (QED) is 0.705. The molecule has 3 N–H and O–H groups in total. The molecule has 0 saturated heterocycles. The number of nitrogens with one attached hydrogen (secondary N) is 3. The number of hydrogen-bond acceptors (Lipinski definition) is 6. The van der Waals surface area contributed by atoms with Crippen LogP contribution in [0.1, 0.15) is 34.6 Å². The minimum Gasteiger partial charge on any atom is -0.444 e. The number of thiazole rings is 1. The van der Waals surface area contributed by atoms with Gasteiger partial charge < -0.3 is 20.7 Å². The van der Waals surface area contributed by atoms with Gasteiger partial charge in [-0.3, -0.25) is 9.59 Å². The van der Waals surface area contributed by atoms with Crippen LogP contribution in [0, 0.1) is 0 Å². The molecule has 150 valence electrons. The van der Waals surface area contributed by atoms with Crippen molar-refractivity contribution in [2.75, 3.05) is 10.6 Å². The summed E-state index contributed by atoms with van der Waals surface area (Å²) in [6.45, 7) is 8.25. The van der Waals surface area contributed by atoms with E-state index in [0.717, 1.165) is 5.56 Å². The number of benzene rings is 1. The van der Waals surface area contributed by atoms with Gasteiger partial charge in [0.15, 0.2) is 5.13 Å². The highest BCUT2D eigenvalue weighted by Gasteiger charge is 2.21. The highest BCUT2D eigenvalue weighted by molar-refractivity contribution is 7.14. The fourth-order valence-corrected chi connectivity index (χ4v) is 2.88. The maximum Gasteiger partial charge on any atom is 0.408 e. The van der Waals surface area contributed by atoms with Gasteiger partial charge in [0.05, 0.1) is 5.69 Å². The van der Waals surface area contributed by atoms with Crippen LogP contribution in [0.25, 0.3) is 11.3 Å². The lowest BCUT2D eigenvalue weighted by Gasteiger charge is -2.21. The van der Waals surface area contributed by atoms with Crippen molar-refractivity contribution >= 4 is 40.1 Å². The van der Waals surface area contributed by atoms with Gasteiger partial charge in [0.25, 0.3) is 0 Å². The molecule has 28 heavy (non-hydrogen) atoms. The zero-order valence-electron chi connectivity index (χ0n) is 16.5. The molecule has 9 heteroatoms. The van der Waals surface area contributed by atoms with E-state index in [1.54, 1.807) is 39.8 Å². The lowest BCUT2D eigenvalue weighted by Crippen LogP contribution is -2.43. The van der Waals surface area contributed by atoms with Gasteiger partial charge in [0.1, 0.15) is 11.6 Å². The second-order valence-corrected chi connectivity index (χ2v) is 8.01. The number of amides is 3. The molecular weight excluding hydrogens is 380 g/mol. The maximum absolute atomic E-state index is 12.3. The van der Waals surface area contributed by atoms with Crippen LogP contribution in [0.5, 0.6) is 0 Å². The molecule has 2 aromatic rings. The number of hydrogen-bond donors (Lipinski definition) is 3. The molecular formula is C19H24N4O4S. The molecule has 3 amide bonds. The molecule has 2 rings (SSSR count). The summed E-state index contributed by atoms with van der Waals surface area (Å²) in [5, 5.41) is 10.1. The number of nitrogens with zero attached hydrogens (tertiary/aromatic N) is 1. The average Bonchev–Trinajstić information content (AvgIpc) is 3.01. The second-order valence-electron chi connectivity index (χ2n) is 7.15. The highest BCUT2D eigenvalue weighted by atomic mass is 32.1. The highest BCUT2D eigenvalue weighted by Crippen LogP contribution is 2.26. The first kappa shape index (κ1) is 21.4. The van der Waals surface area contributed by atoms with Crippen LogP contribution in [0.15, 0.2) is 29.6 Å². The Morgan fingerprint density at radius 2 is 1.75 bits per heavy atom. The molecule has 8 nitrogen and oxygen atoms in total. The van der Waals surface area contributed by atoms with Crippen molar-refractivity contribution in [3.63, 3.8) is 0 Å². The van der Waals surface area contributed by atoms with Gasteiger partial charge in [0.2, 0.25) is 11.8 Å². The van der Waals surface area contributed by atoms with Crippen molar-refractivity contribution < 1.29 is 19.1 Å². The molecule has 0 aliphatic heterocycles. The minimum atomic E-state index is -0.779. The summed E-state index contributed by atoms with van der Waals surface area (Å²) in [6, 6.07) is 6.44. The first-order chi connectivity index (χ1) is 13.0. The summed E-state index contributed by atoms with van der Waals surface area (Å²) in [6.07, 6.45) is -0.658. The van der Waals surface area contributed by atoms with Crippen molar-refractivity contribution in [2.45, 2.75) is 46.3 Å². The summed E-state index contributed by atoms with van der Waals surface area (Å²) in [5.74, 6) is -0.534. The van der Waals surface area contributed by atoms with Gasteiger partial charge in [-0.15, -0.1) is 11.3 Å². The molecule has 0 saturated carbocycles. The van der Waals surface area contributed by atoms with Crippen LogP contribution >= 0.6 is 11.3 Å². The molecule has 0 fully saturated rings. The number of aromatic nitrogens is 1.